The molecule has 0 atom stereocenters. The largest absolute Gasteiger partial charge is 0.524 e. The van der Waals surface area contributed by atoms with Crippen LogP contribution in [0.2, 0.25) is 0 Å². The van der Waals surface area contributed by atoms with Gasteiger partial charge in [0.15, 0.2) is 11.5 Å². The second-order valence-electron chi connectivity index (χ2n) is 12.0. The molecule has 0 unspecified atom stereocenters. The predicted octanol–water partition coefficient (Wildman–Crippen LogP) is 6.53. The first-order chi connectivity index (χ1) is 22.6. The maximum atomic E-state index is 13.0. The van der Waals surface area contributed by atoms with E-state index in [-0.39, 0.29) is 23.5 Å². The van der Waals surface area contributed by atoms with E-state index in [4.69, 9.17) is 24.0 Å². The molecule has 14 heteroatoms. The minimum atomic E-state index is -4.84. The highest BCUT2D eigenvalue weighted by atomic mass is 31.2. The number of benzene rings is 3. The number of hydrogen-bond acceptors (Lipinski definition) is 9. The Labute approximate surface area is 280 Å². The summed E-state index contributed by atoms with van der Waals surface area (Å²) in [6.07, 6.45) is 0.281. The molecule has 3 aromatic carbocycles. The van der Waals surface area contributed by atoms with Crippen LogP contribution in [0.15, 0.2) is 60.7 Å². The zero-order chi connectivity index (χ0) is 35.4. The Hall–Kier alpha value is -4.58. The average molecular weight is 686 g/mol. The highest BCUT2D eigenvalue weighted by Gasteiger charge is 2.21. The van der Waals surface area contributed by atoms with Crippen molar-refractivity contribution < 1.29 is 47.5 Å². The third kappa shape index (κ3) is 12.6. The molecule has 0 aliphatic rings. The minimum Gasteiger partial charge on any atom is -0.493 e. The van der Waals surface area contributed by atoms with Crippen molar-refractivity contribution in [1.29, 1.82) is 0 Å². The van der Waals surface area contributed by atoms with E-state index in [1.807, 2.05) is 49.4 Å². The molecule has 260 valence electrons. The van der Waals surface area contributed by atoms with Crippen LogP contribution < -0.4 is 24.8 Å². The fourth-order valence-corrected chi connectivity index (χ4v) is 5.14. The lowest BCUT2D eigenvalue weighted by Gasteiger charge is -2.30. The topological polar surface area (TPSA) is 173 Å². The van der Waals surface area contributed by atoms with Crippen molar-refractivity contribution in [2.45, 2.75) is 47.5 Å². The number of methoxy groups -OCH3 is 1. The molecular weight excluding hydrogens is 641 g/mol. The molecule has 0 bridgehead atoms. The molecule has 0 aromatic heterocycles. The van der Waals surface area contributed by atoms with Crippen LogP contribution >= 0.6 is 7.82 Å². The van der Waals surface area contributed by atoms with E-state index < -0.39 is 32.6 Å². The van der Waals surface area contributed by atoms with Crippen molar-refractivity contribution in [2.24, 2.45) is 11.8 Å². The predicted molar refractivity (Wildman–Crippen MR) is 183 cm³/mol. The summed E-state index contributed by atoms with van der Waals surface area (Å²) in [6.45, 7) is 11.4. The number of rotatable bonds is 16. The number of nitrogens with zero attached hydrogens (tertiary/aromatic N) is 1. The van der Waals surface area contributed by atoms with Crippen LogP contribution in [-0.2, 0) is 25.3 Å². The summed E-state index contributed by atoms with van der Waals surface area (Å²) in [5.41, 5.74) is 3.98. The third-order valence-electron chi connectivity index (χ3n) is 6.77. The van der Waals surface area contributed by atoms with E-state index in [2.05, 4.69) is 47.8 Å². The first-order valence-corrected chi connectivity index (χ1v) is 16.9. The van der Waals surface area contributed by atoms with Crippen LogP contribution in [0.1, 0.15) is 55.6 Å². The van der Waals surface area contributed by atoms with Gasteiger partial charge in [-0.25, -0.2) is 14.2 Å². The number of carbonyl (C=O) groups excluding carboxylic acids is 3. The first-order valence-electron chi connectivity index (χ1n) is 15.4. The molecule has 3 aromatic rings. The number of amides is 2. The van der Waals surface area contributed by atoms with Crippen LogP contribution in [0, 0.1) is 18.8 Å². The van der Waals surface area contributed by atoms with Crippen molar-refractivity contribution in [3.8, 4) is 11.5 Å². The van der Waals surface area contributed by atoms with Gasteiger partial charge in [-0.05, 0) is 73.2 Å². The molecule has 3 rings (SSSR count). The lowest BCUT2D eigenvalue weighted by molar-refractivity contribution is -0.152. The van der Waals surface area contributed by atoms with Gasteiger partial charge in [-0.2, -0.15) is 0 Å². The number of nitrogens with one attached hydrogen (secondary N) is 2. The molecule has 0 spiro atoms. The molecular formula is C34H44N3O10P. The number of carbonyl (C=O) groups is 3. The van der Waals surface area contributed by atoms with Crippen LogP contribution in [0.3, 0.4) is 0 Å². The second kappa shape index (κ2) is 17.5. The number of urea groups is 1. The SMILES string of the molecule is COc1cc(C(=O)OCOC(=O)CCc2ccc(N(CC(C)C)CC(C)C)c(NC(=O)Nc3ccc(C)cc3)c2)ccc1OP(=O)(O)O. The molecule has 0 saturated carbocycles. The molecule has 48 heavy (non-hydrogen) atoms. The highest BCUT2D eigenvalue weighted by Crippen LogP contribution is 2.42. The Balaban J connectivity index is 1.65. The lowest BCUT2D eigenvalue weighted by Crippen LogP contribution is -2.32. The van der Waals surface area contributed by atoms with Gasteiger partial charge in [-0.3, -0.25) is 14.6 Å². The fraction of sp³-hybridized carbons (Fsp3) is 0.382. The lowest BCUT2D eigenvalue weighted by atomic mass is 10.1. The summed E-state index contributed by atoms with van der Waals surface area (Å²) in [5.74, 6) is -1.07. The van der Waals surface area contributed by atoms with Gasteiger partial charge in [0.25, 0.3) is 0 Å². The Morgan fingerprint density at radius 1 is 0.854 bits per heavy atom. The molecule has 0 saturated heterocycles. The first kappa shape index (κ1) is 37.9. The smallest absolute Gasteiger partial charge is 0.493 e. The summed E-state index contributed by atoms with van der Waals surface area (Å²) >= 11 is 0. The van der Waals surface area contributed by atoms with Crippen molar-refractivity contribution in [2.75, 3.05) is 42.5 Å². The Morgan fingerprint density at radius 3 is 2.12 bits per heavy atom. The van der Waals surface area contributed by atoms with E-state index in [1.54, 1.807) is 0 Å². The molecule has 0 aliphatic carbocycles. The Bertz CT molecular complexity index is 1600. The van der Waals surface area contributed by atoms with E-state index in [1.165, 1.54) is 19.2 Å². The van der Waals surface area contributed by atoms with Crippen molar-refractivity contribution in [3.05, 3.63) is 77.4 Å². The van der Waals surface area contributed by atoms with Gasteiger partial charge in [0.2, 0.25) is 6.79 Å². The standard InChI is InChI=1S/C34H44N3O10P/c1-22(2)19-37(20-23(3)4)29-14-9-25(17-28(29)36-34(40)35-27-12-7-24(5)8-13-27)10-16-32(38)45-21-46-33(39)26-11-15-30(31(18-26)44-6)47-48(41,42)43/h7-9,11-15,17-18,22-23H,10,16,19-21H2,1-6H3,(H2,35,36,40)(H2,41,42,43). The molecule has 0 aliphatic heterocycles. The molecule has 4 N–H and O–H groups in total. The van der Waals surface area contributed by atoms with Gasteiger partial charge in [0.05, 0.1) is 24.0 Å². The van der Waals surface area contributed by atoms with Crippen LogP contribution in [-0.4, -0.2) is 54.7 Å². The monoisotopic (exact) mass is 685 g/mol. The average Bonchev–Trinajstić information content (AvgIpc) is 3.00. The maximum Gasteiger partial charge on any atom is 0.524 e. The van der Waals surface area contributed by atoms with Crippen LogP contribution in [0.5, 0.6) is 11.5 Å². The Kier molecular flexibility index (Phi) is 13.8. The summed E-state index contributed by atoms with van der Waals surface area (Å²) in [7, 11) is -3.61. The quantitative estimate of drug-likeness (QED) is 0.0734. The molecule has 0 heterocycles. The number of phosphoric ester groups is 1. The zero-order valence-corrected chi connectivity index (χ0v) is 28.9. The Morgan fingerprint density at radius 2 is 1.52 bits per heavy atom. The summed E-state index contributed by atoms with van der Waals surface area (Å²) in [4.78, 5) is 58.3. The van der Waals surface area contributed by atoms with Crippen molar-refractivity contribution in [1.82, 2.24) is 0 Å². The number of phosphoric acid groups is 1. The normalized spacial score (nSPS) is 11.2. The zero-order valence-electron chi connectivity index (χ0n) is 28.0. The van der Waals surface area contributed by atoms with Gasteiger partial charge in [0.1, 0.15) is 0 Å². The number of anilines is 3. The number of esters is 2. The summed E-state index contributed by atoms with van der Waals surface area (Å²) in [5, 5.41) is 5.86. The summed E-state index contributed by atoms with van der Waals surface area (Å²) in [6, 6.07) is 16.3. The van der Waals surface area contributed by atoms with Gasteiger partial charge in [-0.15, -0.1) is 0 Å². The van der Waals surface area contributed by atoms with Crippen molar-refractivity contribution >= 4 is 42.9 Å². The van der Waals surface area contributed by atoms with Gasteiger partial charge in [-0.1, -0.05) is 51.5 Å². The summed E-state index contributed by atoms with van der Waals surface area (Å²) < 4.78 is 30.8. The van der Waals surface area contributed by atoms with Crippen LogP contribution in [0.4, 0.5) is 21.9 Å². The van der Waals surface area contributed by atoms with E-state index in [0.29, 0.717) is 29.6 Å². The third-order valence-corrected chi connectivity index (χ3v) is 7.21. The molecule has 2 amide bonds. The van der Waals surface area contributed by atoms with E-state index >= 15 is 0 Å². The number of hydrogen-bond donors (Lipinski definition) is 4. The number of aryl methyl sites for hydroxylation is 2. The molecule has 0 radical (unpaired) electrons. The van der Waals surface area contributed by atoms with Crippen LogP contribution in [0.25, 0.3) is 0 Å². The van der Waals surface area contributed by atoms with Gasteiger partial charge < -0.3 is 34.3 Å². The van der Waals surface area contributed by atoms with Gasteiger partial charge >= 0.3 is 25.8 Å². The molecule has 0 fully saturated rings. The van der Waals surface area contributed by atoms with E-state index in [9.17, 15) is 18.9 Å². The highest BCUT2D eigenvalue weighted by molar-refractivity contribution is 7.46. The number of ether oxygens (including phenoxy) is 3. The van der Waals surface area contributed by atoms with E-state index in [0.717, 1.165) is 36.0 Å². The van der Waals surface area contributed by atoms with Gasteiger partial charge in [0, 0.05) is 25.2 Å². The molecule has 13 nitrogen and oxygen atoms in total. The minimum absolute atomic E-state index is 0.0172. The second-order valence-corrected chi connectivity index (χ2v) is 13.2. The maximum absolute atomic E-state index is 13.0. The van der Waals surface area contributed by atoms with Crippen molar-refractivity contribution in [3.63, 3.8) is 0 Å². The fourth-order valence-electron chi connectivity index (χ4n) is 4.74.